The number of nitrogens with one attached hydrogen (secondary N) is 1. The van der Waals surface area contributed by atoms with E-state index in [-0.39, 0.29) is 29.5 Å². The predicted octanol–water partition coefficient (Wildman–Crippen LogP) is 3.86. The van der Waals surface area contributed by atoms with E-state index in [1.807, 2.05) is 4.57 Å². The van der Waals surface area contributed by atoms with Crippen LogP contribution in [0.2, 0.25) is 0 Å². The largest absolute Gasteiger partial charge is 0.375 e. The van der Waals surface area contributed by atoms with Gasteiger partial charge >= 0.3 is 0 Å². The van der Waals surface area contributed by atoms with Gasteiger partial charge in [0, 0.05) is 60.5 Å². The van der Waals surface area contributed by atoms with Crippen molar-refractivity contribution in [3.05, 3.63) is 63.1 Å². The number of nitrogens with zero attached hydrogens (tertiary/aromatic N) is 2. The van der Waals surface area contributed by atoms with Crippen LogP contribution in [-0.2, 0) is 24.2 Å². The number of carbonyl (C=O) groups excluding carboxylic acids is 1. The maximum atomic E-state index is 14.7. The zero-order valence-corrected chi connectivity index (χ0v) is 18.1. The number of aromatic amines is 1. The molecule has 166 valence electrons. The van der Waals surface area contributed by atoms with E-state index >= 15 is 0 Å². The minimum Gasteiger partial charge on any atom is -0.375 e. The standard InChI is InChI=1S/C22H25F3N4OS/c1-11-7-15(23)20(25)18(19(11)24)14-9-17-16(27-22(31)29(17)10-14)8-12(2)28-5-3-13(4-6-28)21(26)30/h7,13-14H,2-6,8-10H2,1H3,(H2,26,30)(H,27,31)/t14-/m0/s1. The van der Waals surface area contributed by atoms with Crippen molar-refractivity contribution >= 4 is 18.1 Å². The molecule has 1 atom stereocenters. The van der Waals surface area contributed by atoms with Crippen LogP contribution in [0.3, 0.4) is 0 Å². The topological polar surface area (TPSA) is 67.1 Å². The van der Waals surface area contributed by atoms with Gasteiger partial charge < -0.3 is 20.2 Å². The maximum absolute atomic E-state index is 14.7. The van der Waals surface area contributed by atoms with Gasteiger partial charge in [0.15, 0.2) is 16.4 Å². The Morgan fingerprint density at radius 2 is 1.97 bits per heavy atom. The first kappa shape index (κ1) is 21.7. The van der Waals surface area contributed by atoms with E-state index in [9.17, 15) is 18.0 Å². The third-order valence-electron chi connectivity index (χ3n) is 6.53. The second-order valence-corrected chi connectivity index (χ2v) is 8.88. The molecule has 2 aliphatic rings. The molecule has 4 rings (SSSR count). The highest BCUT2D eigenvalue weighted by molar-refractivity contribution is 7.71. The Morgan fingerprint density at radius 3 is 2.61 bits per heavy atom. The fourth-order valence-electron chi connectivity index (χ4n) is 4.75. The van der Waals surface area contributed by atoms with Crippen LogP contribution in [-0.4, -0.2) is 33.4 Å². The summed E-state index contributed by atoms with van der Waals surface area (Å²) in [6, 6.07) is 0.881. The number of piperidine rings is 1. The van der Waals surface area contributed by atoms with Crippen LogP contribution < -0.4 is 5.73 Å². The van der Waals surface area contributed by atoms with E-state index in [1.54, 1.807) is 0 Å². The fourth-order valence-corrected chi connectivity index (χ4v) is 5.06. The van der Waals surface area contributed by atoms with Gasteiger partial charge in [0.25, 0.3) is 0 Å². The number of allylic oxidation sites excluding steroid dienone is 1. The van der Waals surface area contributed by atoms with Gasteiger partial charge in [-0.15, -0.1) is 0 Å². The molecule has 0 saturated carbocycles. The van der Waals surface area contributed by atoms with E-state index < -0.39 is 23.4 Å². The van der Waals surface area contributed by atoms with Crippen molar-refractivity contribution in [1.29, 1.82) is 0 Å². The Bertz CT molecular complexity index is 1090. The van der Waals surface area contributed by atoms with Crippen molar-refractivity contribution in [2.24, 2.45) is 11.7 Å². The Balaban J connectivity index is 1.53. The molecule has 1 aromatic heterocycles. The van der Waals surface area contributed by atoms with Crippen LogP contribution >= 0.6 is 12.2 Å². The monoisotopic (exact) mass is 450 g/mol. The summed E-state index contributed by atoms with van der Waals surface area (Å²) < 4.78 is 45.3. The highest BCUT2D eigenvalue weighted by atomic mass is 32.1. The van der Waals surface area contributed by atoms with E-state index in [4.69, 9.17) is 18.0 Å². The lowest BCUT2D eigenvalue weighted by Gasteiger charge is -2.33. The van der Waals surface area contributed by atoms with Crippen molar-refractivity contribution in [3.63, 3.8) is 0 Å². The molecule has 31 heavy (non-hydrogen) atoms. The molecule has 5 nitrogen and oxygen atoms in total. The van der Waals surface area contributed by atoms with Crippen LogP contribution in [0.15, 0.2) is 18.3 Å². The quantitative estimate of drug-likeness (QED) is 0.537. The van der Waals surface area contributed by atoms with Crippen LogP contribution in [0.4, 0.5) is 13.2 Å². The van der Waals surface area contributed by atoms with Crippen molar-refractivity contribution < 1.29 is 18.0 Å². The molecule has 2 aromatic rings. The number of hydrogen-bond donors (Lipinski definition) is 2. The summed E-state index contributed by atoms with van der Waals surface area (Å²) in [5.41, 5.74) is 7.87. The number of amides is 1. The second kappa shape index (κ2) is 8.18. The number of halogens is 3. The SMILES string of the molecule is C=C(Cc1[nH]c(=S)n2c1C[C@H](c1c(F)c(C)cc(F)c1F)C2)N1CCC(C(N)=O)CC1. The number of likely N-dealkylation sites (tertiary alicyclic amines) is 1. The number of hydrogen-bond acceptors (Lipinski definition) is 3. The number of aryl methyl sites for hydroxylation is 1. The number of imidazole rings is 1. The first-order valence-electron chi connectivity index (χ1n) is 10.3. The molecule has 0 radical (unpaired) electrons. The minimum absolute atomic E-state index is 0.0867. The van der Waals surface area contributed by atoms with Gasteiger partial charge in [-0.25, -0.2) is 13.2 Å². The first-order chi connectivity index (χ1) is 14.7. The van der Waals surface area contributed by atoms with E-state index in [0.29, 0.717) is 43.5 Å². The molecule has 3 N–H and O–H groups in total. The van der Waals surface area contributed by atoms with E-state index in [2.05, 4.69) is 16.5 Å². The smallest absolute Gasteiger partial charge is 0.220 e. The highest BCUT2D eigenvalue weighted by Crippen LogP contribution is 2.36. The zero-order chi connectivity index (χ0) is 22.4. The summed E-state index contributed by atoms with van der Waals surface area (Å²) in [6.45, 7) is 7.30. The van der Waals surface area contributed by atoms with Crippen LogP contribution in [0.1, 0.15) is 41.3 Å². The van der Waals surface area contributed by atoms with Crippen LogP contribution in [0.25, 0.3) is 0 Å². The average Bonchev–Trinajstić information content (AvgIpc) is 3.28. The highest BCUT2D eigenvalue weighted by Gasteiger charge is 2.33. The molecule has 1 aromatic carbocycles. The minimum atomic E-state index is -1.13. The summed E-state index contributed by atoms with van der Waals surface area (Å²) in [6.07, 6.45) is 2.25. The molecule has 9 heteroatoms. The maximum Gasteiger partial charge on any atom is 0.220 e. The van der Waals surface area contributed by atoms with Crippen molar-refractivity contribution in [3.8, 4) is 0 Å². The van der Waals surface area contributed by atoms with Crippen LogP contribution in [0, 0.1) is 35.1 Å². The summed E-state index contributed by atoms with van der Waals surface area (Å²) in [4.78, 5) is 16.7. The second-order valence-electron chi connectivity index (χ2n) is 8.49. The van der Waals surface area contributed by atoms with Gasteiger partial charge in [0.1, 0.15) is 5.82 Å². The third kappa shape index (κ3) is 3.91. The predicted molar refractivity (Wildman–Crippen MR) is 113 cm³/mol. The van der Waals surface area contributed by atoms with Crippen molar-refractivity contribution in [1.82, 2.24) is 14.5 Å². The molecule has 2 aliphatic heterocycles. The number of aromatic nitrogens is 2. The van der Waals surface area contributed by atoms with E-state index in [1.165, 1.54) is 6.92 Å². The van der Waals surface area contributed by atoms with Gasteiger partial charge in [-0.05, 0) is 50.0 Å². The Kier molecular flexibility index (Phi) is 5.72. The van der Waals surface area contributed by atoms with Crippen molar-refractivity contribution in [2.75, 3.05) is 13.1 Å². The van der Waals surface area contributed by atoms with Gasteiger partial charge in [-0.2, -0.15) is 0 Å². The Labute approximate surface area is 183 Å². The molecule has 0 bridgehead atoms. The number of H-pyrrole nitrogens is 1. The summed E-state index contributed by atoms with van der Waals surface area (Å²) >= 11 is 5.42. The number of rotatable bonds is 5. The first-order valence-corrected chi connectivity index (χ1v) is 10.7. The number of primary amides is 1. The number of nitrogens with two attached hydrogens (primary N) is 1. The van der Waals surface area contributed by atoms with Gasteiger partial charge in [-0.3, -0.25) is 4.79 Å². The van der Waals surface area contributed by atoms with Gasteiger partial charge in [-0.1, -0.05) is 6.58 Å². The molecule has 1 amide bonds. The number of fused-ring (bicyclic) bond motifs is 1. The summed E-state index contributed by atoms with van der Waals surface area (Å²) in [5.74, 6) is -3.76. The summed E-state index contributed by atoms with van der Waals surface area (Å²) in [7, 11) is 0. The molecule has 1 saturated heterocycles. The molecule has 0 spiro atoms. The van der Waals surface area contributed by atoms with E-state index in [0.717, 1.165) is 23.2 Å². The van der Waals surface area contributed by atoms with Gasteiger partial charge in [0.2, 0.25) is 5.91 Å². The number of carbonyl (C=O) groups is 1. The zero-order valence-electron chi connectivity index (χ0n) is 17.3. The fraction of sp³-hybridized carbons (Fsp3) is 0.455. The molecule has 0 aliphatic carbocycles. The molecular weight excluding hydrogens is 425 g/mol. The van der Waals surface area contributed by atoms with Crippen LogP contribution in [0.5, 0.6) is 0 Å². The molecule has 3 heterocycles. The van der Waals surface area contributed by atoms with Gasteiger partial charge in [0.05, 0.1) is 0 Å². The van der Waals surface area contributed by atoms with Crippen molar-refractivity contribution in [2.45, 2.75) is 45.1 Å². The Hall–Kier alpha value is -2.55. The Morgan fingerprint density at radius 1 is 1.29 bits per heavy atom. The molecular formula is C22H25F3N4OS. The third-order valence-corrected chi connectivity index (χ3v) is 6.85. The lowest BCUT2D eigenvalue weighted by Crippen LogP contribution is -2.38. The molecule has 0 unspecified atom stereocenters. The lowest BCUT2D eigenvalue weighted by molar-refractivity contribution is -0.123. The lowest BCUT2D eigenvalue weighted by atomic mass is 9.93. The number of benzene rings is 1. The average molecular weight is 451 g/mol. The summed E-state index contributed by atoms with van der Waals surface area (Å²) in [5, 5.41) is 0. The normalized spacial score (nSPS) is 19.0. The molecule has 1 fully saturated rings.